The molecule has 1 saturated carbocycles. The van der Waals surface area contributed by atoms with Crippen LogP contribution in [-0.2, 0) is 9.53 Å². The molecule has 1 N–H and O–H groups in total. The van der Waals surface area contributed by atoms with Gasteiger partial charge in [-0.15, -0.1) is 0 Å². The molecule has 2 atom stereocenters. The first kappa shape index (κ1) is 16.4. The first-order valence-corrected chi connectivity index (χ1v) is 7.51. The van der Waals surface area contributed by atoms with E-state index in [1.165, 1.54) is 20.0 Å². The van der Waals surface area contributed by atoms with Gasteiger partial charge in [-0.2, -0.15) is 0 Å². The molecule has 0 amide bonds. The van der Waals surface area contributed by atoms with Gasteiger partial charge < -0.3 is 9.64 Å². The van der Waals surface area contributed by atoms with Crippen LogP contribution in [-0.4, -0.2) is 49.2 Å². The molecule has 0 aromatic heterocycles. The van der Waals surface area contributed by atoms with Crippen molar-refractivity contribution in [2.24, 2.45) is 0 Å². The van der Waals surface area contributed by atoms with Crippen LogP contribution in [0.4, 0.5) is 0 Å². The van der Waals surface area contributed by atoms with Crippen LogP contribution in [0.15, 0.2) is 0 Å². The molecule has 0 heterocycles. The van der Waals surface area contributed by atoms with Crippen LogP contribution in [0.25, 0.3) is 0 Å². The predicted octanol–water partition coefficient (Wildman–Crippen LogP) is 2.18. The lowest BCUT2D eigenvalue weighted by Crippen LogP contribution is -2.54. The van der Waals surface area contributed by atoms with Crippen LogP contribution in [0.3, 0.4) is 0 Å². The lowest BCUT2D eigenvalue weighted by molar-refractivity contribution is -0.149. The molecule has 0 aromatic rings. The Bertz CT molecular complexity index is 294. The normalized spacial score (nSPS) is 27.2. The first-order valence-electron chi connectivity index (χ1n) is 7.51. The zero-order valence-electron chi connectivity index (χ0n) is 13.2. The highest BCUT2D eigenvalue weighted by Gasteiger charge is 2.47. The van der Waals surface area contributed by atoms with E-state index in [-0.39, 0.29) is 5.97 Å². The van der Waals surface area contributed by atoms with Gasteiger partial charge in [-0.1, -0.05) is 13.3 Å². The molecule has 4 nitrogen and oxygen atoms in total. The quantitative estimate of drug-likeness (QED) is 0.720. The van der Waals surface area contributed by atoms with Gasteiger partial charge in [0.25, 0.3) is 0 Å². The summed E-state index contributed by atoms with van der Waals surface area (Å²) >= 11 is 0. The van der Waals surface area contributed by atoms with Gasteiger partial charge in [0.05, 0.1) is 7.11 Å². The van der Waals surface area contributed by atoms with Gasteiger partial charge in [-0.05, 0) is 53.1 Å². The summed E-state index contributed by atoms with van der Waals surface area (Å²) in [6.07, 6.45) is 5.23. The van der Waals surface area contributed by atoms with Crippen molar-refractivity contribution in [3.8, 4) is 0 Å². The van der Waals surface area contributed by atoms with Crippen LogP contribution in [0, 0.1) is 0 Å². The molecule has 0 aliphatic heterocycles. The molecule has 2 unspecified atom stereocenters. The summed E-state index contributed by atoms with van der Waals surface area (Å²) in [5.74, 6) is -0.104. The molecule has 4 heteroatoms. The van der Waals surface area contributed by atoms with E-state index in [1.807, 2.05) is 0 Å². The number of rotatable bonds is 7. The molecule has 1 fully saturated rings. The molecule has 1 aliphatic rings. The second kappa shape index (κ2) is 7.25. The molecule has 1 aliphatic carbocycles. The van der Waals surface area contributed by atoms with Gasteiger partial charge in [-0.25, -0.2) is 0 Å². The van der Waals surface area contributed by atoms with Gasteiger partial charge in [0.1, 0.15) is 5.54 Å². The molecule has 0 spiro atoms. The van der Waals surface area contributed by atoms with E-state index >= 15 is 0 Å². The molecule has 0 saturated heterocycles. The summed E-state index contributed by atoms with van der Waals surface area (Å²) in [6, 6.07) is 0.774. The zero-order valence-corrected chi connectivity index (χ0v) is 13.2. The van der Waals surface area contributed by atoms with Crippen molar-refractivity contribution in [3.05, 3.63) is 0 Å². The molecule has 19 heavy (non-hydrogen) atoms. The Balaban J connectivity index is 2.68. The molecule has 0 radical (unpaired) electrons. The predicted molar refractivity (Wildman–Crippen MR) is 78.2 cm³/mol. The minimum absolute atomic E-state index is 0.104. The van der Waals surface area contributed by atoms with E-state index < -0.39 is 5.54 Å². The van der Waals surface area contributed by atoms with Crippen molar-refractivity contribution in [3.63, 3.8) is 0 Å². The van der Waals surface area contributed by atoms with Gasteiger partial charge in [0.15, 0.2) is 0 Å². The van der Waals surface area contributed by atoms with E-state index in [2.05, 4.69) is 38.0 Å². The number of carbonyl (C=O) groups excluding carboxylic acids is 1. The van der Waals surface area contributed by atoms with E-state index in [0.717, 1.165) is 25.8 Å². The number of hydrogen-bond donors (Lipinski definition) is 1. The van der Waals surface area contributed by atoms with Crippen molar-refractivity contribution < 1.29 is 9.53 Å². The summed E-state index contributed by atoms with van der Waals surface area (Å²) in [7, 11) is 3.66. The summed E-state index contributed by atoms with van der Waals surface area (Å²) < 4.78 is 5.03. The molecular formula is C15H30N2O2. The highest BCUT2D eigenvalue weighted by molar-refractivity contribution is 5.81. The maximum Gasteiger partial charge on any atom is 0.326 e. The average molecular weight is 270 g/mol. The molecule has 0 bridgehead atoms. The minimum atomic E-state index is -0.478. The maximum atomic E-state index is 12.2. The van der Waals surface area contributed by atoms with Crippen LogP contribution in [0.2, 0.25) is 0 Å². The van der Waals surface area contributed by atoms with Crippen LogP contribution in [0.1, 0.15) is 52.9 Å². The highest BCUT2D eigenvalue weighted by atomic mass is 16.5. The lowest BCUT2D eigenvalue weighted by Gasteiger charge is -2.31. The Hall–Kier alpha value is -0.610. The van der Waals surface area contributed by atoms with E-state index in [1.54, 1.807) is 0 Å². The Morgan fingerprint density at radius 2 is 2.21 bits per heavy atom. The lowest BCUT2D eigenvalue weighted by atomic mass is 9.96. The largest absolute Gasteiger partial charge is 0.468 e. The Labute approximate surface area is 117 Å². The highest BCUT2D eigenvalue weighted by Crippen LogP contribution is 2.34. The topological polar surface area (TPSA) is 41.6 Å². The third-order valence-electron chi connectivity index (χ3n) is 4.12. The summed E-state index contributed by atoms with van der Waals surface area (Å²) in [4.78, 5) is 14.5. The Kier molecular flexibility index (Phi) is 6.27. The van der Waals surface area contributed by atoms with Crippen LogP contribution >= 0.6 is 0 Å². The number of unbranched alkanes of at least 4 members (excludes halogenated alkanes) is 1. The van der Waals surface area contributed by atoms with Crippen molar-refractivity contribution in [2.75, 3.05) is 20.7 Å². The minimum Gasteiger partial charge on any atom is -0.468 e. The van der Waals surface area contributed by atoms with Gasteiger partial charge in [-0.3, -0.25) is 10.1 Å². The number of carbonyl (C=O) groups is 1. The van der Waals surface area contributed by atoms with E-state index in [9.17, 15) is 4.79 Å². The summed E-state index contributed by atoms with van der Waals surface area (Å²) in [5.41, 5.74) is -0.478. The third-order valence-corrected chi connectivity index (χ3v) is 4.12. The van der Waals surface area contributed by atoms with Crippen molar-refractivity contribution in [1.82, 2.24) is 10.2 Å². The number of methoxy groups -OCH3 is 1. The average Bonchev–Trinajstić information content (AvgIpc) is 2.79. The molecule has 1 rings (SSSR count). The van der Waals surface area contributed by atoms with E-state index in [4.69, 9.17) is 4.74 Å². The van der Waals surface area contributed by atoms with Crippen molar-refractivity contribution >= 4 is 5.97 Å². The smallest absolute Gasteiger partial charge is 0.326 e. The Morgan fingerprint density at radius 1 is 1.53 bits per heavy atom. The number of nitrogens with zero attached hydrogens (tertiary/aromatic N) is 1. The van der Waals surface area contributed by atoms with Crippen molar-refractivity contribution in [2.45, 2.75) is 70.5 Å². The third kappa shape index (κ3) is 4.18. The fourth-order valence-corrected chi connectivity index (χ4v) is 3.11. The fourth-order valence-electron chi connectivity index (χ4n) is 3.11. The van der Waals surface area contributed by atoms with E-state index in [0.29, 0.717) is 12.1 Å². The van der Waals surface area contributed by atoms with Crippen molar-refractivity contribution in [1.29, 1.82) is 0 Å². The number of hydrogen-bond acceptors (Lipinski definition) is 4. The SMILES string of the molecule is CCCCN(C)C1CCC(NC(C)C)(C(=O)OC)C1. The number of esters is 1. The molecular weight excluding hydrogens is 240 g/mol. The number of ether oxygens (including phenoxy) is 1. The van der Waals surface area contributed by atoms with Crippen LogP contribution in [0.5, 0.6) is 0 Å². The van der Waals surface area contributed by atoms with Gasteiger partial charge in [0.2, 0.25) is 0 Å². The van der Waals surface area contributed by atoms with Gasteiger partial charge >= 0.3 is 5.97 Å². The molecule has 0 aromatic carbocycles. The second-order valence-corrected chi connectivity index (χ2v) is 6.10. The maximum absolute atomic E-state index is 12.2. The van der Waals surface area contributed by atoms with Gasteiger partial charge in [0, 0.05) is 12.1 Å². The first-order chi connectivity index (χ1) is 8.95. The fraction of sp³-hybridized carbons (Fsp3) is 0.933. The standard InChI is InChI=1S/C15H30N2O2/c1-6-7-10-17(4)13-8-9-15(11-13,14(18)19-5)16-12(2)3/h12-13,16H,6-11H2,1-5H3. The second-order valence-electron chi connectivity index (χ2n) is 6.10. The monoisotopic (exact) mass is 270 g/mol. The Morgan fingerprint density at radius 3 is 2.74 bits per heavy atom. The summed E-state index contributed by atoms with van der Waals surface area (Å²) in [5, 5.41) is 3.45. The zero-order chi connectivity index (χ0) is 14.5. The number of nitrogens with one attached hydrogen (secondary N) is 1. The molecule has 112 valence electrons. The van der Waals surface area contributed by atoms with Crippen LogP contribution < -0.4 is 5.32 Å². The summed E-state index contributed by atoms with van der Waals surface area (Å²) in [6.45, 7) is 7.49.